The number of nitrogens with two attached hydrogens (primary N) is 1. The first kappa shape index (κ1) is 17.3. The molecule has 0 saturated heterocycles. The van der Waals surface area contributed by atoms with Gasteiger partial charge >= 0.3 is 0 Å². The molecule has 0 aromatic heterocycles. The molecule has 0 spiro atoms. The van der Waals surface area contributed by atoms with Crippen LogP contribution in [0.15, 0.2) is 48.5 Å². The van der Waals surface area contributed by atoms with Crippen molar-refractivity contribution in [2.24, 2.45) is 5.73 Å². The molecule has 24 heavy (non-hydrogen) atoms. The predicted octanol–water partition coefficient (Wildman–Crippen LogP) is 2.37. The average Bonchev–Trinajstić information content (AvgIpc) is 2.59. The lowest BCUT2D eigenvalue weighted by Gasteiger charge is -2.20. The van der Waals surface area contributed by atoms with Gasteiger partial charge in [0.25, 0.3) is 11.8 Å². The SMILES string of the molecule is N#CCN(C(=O)COc1ccc(Cl)cc1C(N)=O)c1ccccc1. The molecule has 2 N–H and O–H groups in total. The maximum atomic E-state index is 12.4. The van der Waals surface area contributed by atoms with Gasteiger partial charge in [-0.05, 0) is 30.3 Å². The first-order chi connectivity index (χ1) is 11.5. The number of carbonyl (C=O) groups excluding carboxylic acids is 2. The van der Waals surface area contributed by atoms with Crippen molar-refractivity contribution < 1.29 is 14.3 Å². The third-order valence-electron chi connectivity index (χ3n) is 3.16. The van der Waals surface area contributed by atoms with Crippen molar-refractivity contribution >= 4 is 29.1 Å². The molecule has 2 aromatic rings. The first-order valence-corrected chi connectivity index (χ1v) is 7.35. The Hall–Kier alpha value is -3.04. The number of halogens is 1. The minimum absolute atomic E-state index is 0.0850. The normalized spacial score (nSPS) is 9.83. The molecule has 0 aliphatic rings. The summed E-state index contributed by atoms with van der Waals surface area (Å²) in [6, 6.07) is 15.1. The van der Waals surface area contributed by atoms with Crippen molar-refractivity contribution in [3.63, 3.8) is 0 Å². The van der Waals surface area contributed by atoms with Crippen molar-refractivity contribution in [2.45, 2.75) is 0 Å². The summed E-state index contributed by atoms with van der Waals surface area (Å²) in [7, 11) is 0. The zero-order valence-electron chi connectivity index (χ0n) is 12.6. The summed E-state index contributed by atoms with van der Waals surface area (Å²) in [5, 5.41) is 9.25. The number of amides is 2. The van der Waals surface area contributed by atoms with Gasteiger partial charge in [-0.15, -0.1) is 0 Å². The standard InChI is InChI=1S/C17H14ClN3O3/c18-12-6-7-15(14(10-12)17(20)23)24-11-16(22)21(9-8-19)13-4-2-1-3-5-13/h1-7,10H,9,11H2,(H2,20,23). The van der Waals surface area contributed by atoms with Gasteiger partial charge in [0.1, 0.15) is 12.3 Å². The van der Waals surface area contributed by atoms with Crippen LogP contribution in [0, 0.1) is 11.3 Å². The predicted molar refractivity (Wildman–Crippen MR) is 89.9 cm³/mol. The Morgan fingerprint density at radius 3 is 2.54 bits per heavy atom. The Bertz CT molecular complexity index is 787. The number of anilines is 1. The first-order valence-electron chi connectivity index (χ1n) is 6.97. The molecule has 0 heterocycles. The van der Waals surface area contributed by atoms with E-state index in [0.29, 0.717) is 10.7 Å². The number of nitriles is 1. The van der Waals surface area contributed by atoms with Gasteiger partial charge in [-0.3, -0.25) is 14.5 Å². The van der Waals surface area contributed by atoms with Gasteiger partial charge < -0.3 is 10.5 Å². The van der Waals surface area contributed by atoms with E-state index in [1.54, 1.807) is 24.3 Å². The van der Waals surface area contributed by atoms with E-state index < -0.39 is 11.8 Å². The lowest BCUT2D eigenvalue weighted by molar-refractivity contribution is -0.120. The van der Waals surface area contributed by atoms with Crippen LogP contribution in [0.4, 0.5) is 5.69 Å². The molecule has 0 saturated carbocycles. The number of rotatable bonds is 6. The van der Waals surface area contributed by atoms with E-state index in [1.165, 1.54) is 23.1 Å². The molecule has 0 fully saturated rings. The molecule has 0 atom stereocenters. The number of hydrogen-bond donors (Lipinski definition) is 1. The molecular formula is C17H14ClN3O3. The number of nitrogens with zero attached hydrogens (tertiary/aromatic N) is 2. The molecule has 0 radical (unpaired) electrons. The van der Waals surface area contributed by atoms with Crippen molar-refractivity contribution in [3.8, 4) is 11.8 Å². The molecule has 122 valence electrons. The highest BCUT2D eigenvalue weighted by atomic mass is 35.5. The Kier molecular flexibility index (Phi) is 5.77. The number of carbonyl (C=O) groups is 2. The van der Waals surface area contributed by atoms with E-state index in [0.717, 1.165) is 0 Å². The van der Waals surface area contributed by atoms with Crippen LogP contribution in [0.25, 0.3) is 0 Å². The van der Waals surface area contributed by atoms with E-state index in [-0.39, 0.29) is 24.5 Å². The van der Waals surface area contributed by atoms with E-state index >= 15 is 0 Å². The van der Waals surface area contributed by atoms with Crippen LogP contribution in [0.1, 0.15) is 10.4 Å². The number of primary amides is 1. The molecule has 7 heteroatoms. The van der Waals surface area contributed by atoms with Gasteiger partial charge in [-0.25, -0.2) is 0 Å². The highest BCUT2D eigenvalue weighted by Gasteiger charge is 2.17. The topological polar surface area (TPSA) is 96.4 Å². The van der Waals surface area contributed by atoms with Gasteiger partial charge in [-0.1, -0.05) is 29.8 Å². The molecule has 2 aromatic carbocycles. The largest absolute Gasteiger partial charge is 0.483 e. The van der Waals surface area contributed by atoms with Crippen molar-refractivity contribution in [3.05, 3.63) is 59.1 Å². The molecule has 0 aliphatic heterocycles. The van der Waals surface area contributed by atoms with Crippen molar-refractivity contribution in [1.29, 1.82) is 5.26 Å². The van der Waals surface area contributed by atoms with Crippen LogP contribution in [0.3, 0.4) is 0 Å². The number of benzene rings is 2. The van der Waals surface area contributed by atoms with Gasteiger partial charge in [-0.2, -0.15) is 5.26 Å². The maximum absolute atomic E-state index is 12.4. The second kappa shape index (κ2) is 7.99. The quantitative estimate of drug-likeness (QED) is 0.814. The van der Waals surface area contributed by atoms with Crippen molar-refractivity contribution in [1.82, 2.24) is 0 Å². The number of para-hydroxylation sites is 1. The summed E-state index contributed by atoms with van der Waals surface area (Å²) in [5.41, 5.74) is 5.94. The second-order valence-corrected chi connectivity index (χ2v) is 5.20. The summed E-state index contributed by atoms with van der Waals surface area (Å²) in [5.74, 6) is -0.977. The fraction of sp³-hybridized carbons (Fsp3) is 0.118. The smallest absolute Gasteiger partial charge is 0.265 e. The van der Waals surface area contributed by atoms with E-state index in [4.69, 9.17) is 27.3 Å². The third kappa shape index (κ3) is 4.24. The zero-order chi connectivity index (χ0) is 17.5. The van der Waals surface area contributed by atoms with Crippen molar-refractivity contribution in [2.75, 3.05) is 18.1 Å². The van der Waals surface area contributed by atoms with E-state index in [1.807, 2.05) is 12.1 Å². The Labute approximate surface area is 144 Å². The molecule has 0 bridgehead atoms. The van der Waals surface area contributed by atoms with Crippen LogP contribution in [-0.2, 0) is 4.79 Å². The van der Waals surface area contributed by atoms with E-state index in [2.05, 4.69) is 0 Å². The molecule has 2 rings (SSSR count). The van der Waals surface area contributed by atoms with Gasteiger partial charge in [0, 0.05) is 10.7 Å². The van der Waals surface area contributed by atoms with Crippen LogP contribution < -0.4 is 15.4 Å². The number of hydrogen-bond acceptors (Lipinski definition) is 4. The highest BCUT2D eigenvalue weighted by molar-refractivity contribution is 6.31. The molecule has 6 nitrogen and oxygen atoms in total. The lowest BCUT2D eigenvalue weighted by atomic mass is 10.2. The van der Waals surface area contributed by atoms with Gasteiger partial charge in [0.05, 0.1) is 11.6 Å². The zero-order valence-corrected chi connectivity index (χ0v) is 13.4. The highest BCUT2D eigenvalue weighted by Crippen LogP contribution is 2.23. The average molecular weight is 344 g/mol. The van der Waals surface area contributed by atoms with Crippen LogP contribution in [0.5, 0.6) is 5.75 Å². The summed E-state index contributed by atoms with van der Waals surface area (Å²) < 4.78 is 5.40. The minimum atomic E-state index is -0.711. The summed E-state index contributed by atoms with van der Waals surface area (Å²) in [6.07, 6.45) is 0. The minimum Gasteiger partial charge on any atom is -0.483 e. The third-order valence-corrected chi connectivity index (χ3v) is 3.39. The van der Waals surface area contributed by atoms with Gasteiger partial charge in [0.2, 0.25) is 0 Å². The fourth-order valence-electron chi connectivity index (χ4n) is 2.04. The van der Waals surface area contributed by atoms with Crippen LogP contribution in [0.2, 0.25) is 5.02 Å². The fourth-order valence-corrected chi connectivity index (χ4v) is 2.21. The Morgan fingerprint density at radius 1 is 1.21 bits per heavy atom. The molecular weight excluding hydrogens is 330 g/mol. The monoisotopic (exact) mass is 343 g/mol. The Balaban J connectivity index is 2.15. The lowest BCUT2D eigenvalue weighted by Crippen LogP contribution is -2.35. The maximum Gasteiger partial charge on any atom is 0.265 e. The number of ether oxygens (including phenoxy) is 1. The van der Waals surface area contributed by atoms with Crippen LogP contribution in [-0.4, -0.2) is 25.0 Å². The van der Waals surface area contributed by atoms with E-state index in [9.17, 15) is 9.59 Å². The summed E-state index contributed by atoms with van der Waals surface area (Å²) >= 11 is 5.82. The summed E-state index contributed by atoms with van der Waals surface area (Å²) in [6.45, 7) is -0.464. The van der Waals surface area contributed by atoms with Gasteiger partial charge in [0.15, 0.2) is 6.61 Å². The molecule has 2 amide bonds. The van der Waals surface area contributed by atoms with Crippen LogP contribution >= 0.6 is 11.6 Å². The molecule has 0 unspecified atom stereocenters. The Morgan fingerprint density at radius 2 is 1.92 bits per heavy atom. The second-order valence-electron chi connectivity index (χ2n) is 4.77. The summed E-state index contributed by atoms with van der Waals surface area (Å²) in [4.78, 5) is 25.1. The molecule has 0 aliphatic carbocycles.